The second kappa shape index (κ2) is 48.7. The second-order valence-corrected chi connectivity index (χ2v) is 47.5. The van der Waals surface area contributed by atoms with Crippen molar-refractivity contribution in [3.63, 3.8) is 0 Å². The van der Waals surface area contributed by atoms with E-state index in [4.69, 9.17) is 87.7 Å². The van der Waals surface area contributed by atoms with Crippen LogP contribution in [0, 0.1) is 24.2 Å². The van der Waals surface area contributed by atoms with E-state index < -0.39 is 134 Å². The maximum Gasteiger partial charge on any atom is 2.00 e. The van der Waals surface area contributed by atoms with Gasteiger partial charge in [0.25, 0.3) is 11.7 Å². The van der Waals surface area contributed by atoms with Gasteiger partial charge in [-0.1, -0.05) is 52.4 Å². The first kappa shape index (κ1) is 106. The van der Waals surface area contributed by atoms with Crippen molar-refractivity contribution < 1.29 is 145 Å². The monoisotopic (exact) mass is 2000 g/mol. The smallest absolute Gasteiger partial charge is 1.00 e. The molecule has 0 aromatic carbocycles. The third-order valence-electron chi connectivity index (χ3n) is 21.9. The van der Waals surface area contributed by atoms with Gasteiger partial charge in [0.1, 0.15) is 42.5 Å². The summed E-state index contributed by atoms with van der Waals surface area (Å²) in [7, 11) is -9.00. The number of rotatable bonds is 26. The predicted octanol–water partition coefficient (Wildman–Crippen LogP) is 9.02. The number of nitrogens with zero attached hydrogens (tertiary/aromatic N) is 12. The first-order valence-electron chi connectivity index (χ1n) is 40.0. The van der Waals surface area contributed by atoms with Crippen molar-refractivity contribution in [3.8, 4) is 0 Å². The van der Waals surface area contributed by atoms with E-state index in [1.807, 2.05) is 13.8 Å². The molecule has 53 heteroatoms. The van der Waals surface area contributed by atoms with Crippen molar-refractivity contribution in [1.82, 2.24) is 58.6 Å². The van der Waals surface area contributed by atoms with Gasteiger partial charge in [-0.25, -0.2) is 62.6 Å². The largest absolute Gasteiger partial charge is 2.00 e. The van der Waals surface area contributed by atoms with Crippen LogP contribution < -0.4 is 32.9 Å². The number of hydrogen-bond acceptors (Lipinski definition) is 33. The van der Waals surface area contributed by atoms with Crippen LogP contribution in [0.1, 0.15) is 189 Å². The first-order chi connectivity index (χ1) is 57.5. The maximum absolute atomic E-state index is 15.3. The molecule has 12 heterocycles. The van der Waals surface area contributed by atoms with E-state index in [2.05, 4.69) is 80.8 Å². The summed E-state index contributed by atoms with van der Waals surface area (Å²) in [6.45, 7) is 6.60. The van der Waals surface area contributed by atoms with E-state index >= 15 is 4.39 Å². The summed E-state index contributed by atoms with van der Waals surface area (Å²) >= 11 is 20.0. The van der Waals surface area contributed by atoms with Crippen LogP contribution in [0.5, 0.6) is 0 Å². The van der Waals surface area contributed by atoms with Crippen LogP contribution in [0.4, 0.5) is 30.6 Å². The van der Waals surface area contributed by atoms with Crippen molar-refractivity contribution >= 4 is 160 Å². The summed E-state index contributed by atoms with van der Waals surface area (Å²) in [6.07, 6.45) is 9.49. The average Bonchev–Trinajstić information content (AvgIpc) is 1.62. The van der Waals surface area contributed by atoms with Crippen LogP contribution in [0.2, 0.25) is 0 Å². The molecular formula is C70H108BrCl4F3MgN15O24P5. The van der Waals surface area contributed by atoms with Gasteiger partial charge in [-0.05, 0) is 127 Å². The molecule has 3 unspecified atom stereocenters. The summed E-state index contributed by atoms with van der Waals surface area (Å²) in [6, 6.07) is 0.723. The molecule has 15 atom stereocenters. The van der Waals surface area contributed by atoms with Gasteiger partial charge in [-0.2, -0.15) is 12.8 Å². The number of alkyl halides is 3. The van der Waals surface area contributed by atoms with Gasteiger partial charge in [0.15, 0.2) is 118 Å². The second-order valence-electron chi connectivity index (χ2n) is 30.5. The number of aromatic nitrogens is 12. The molecule has 9 fully saturated rings. The number of hydrogen-bond donors (Lipinski definition) is 11. The first-order valence-corrected chi connectivity index (χ1v) is 52.4. The number of phosphoric ester groups is 1. The zero-order valence-corrected chi connectivity index (χ0v) is 78.8. The number of fused-ring (bicyclic) bond motifs is 3. The number of carbonyl (C=O) groups is 1. The summed E-state index contributed by atoms with van der Waals surface area (Å²) < 4.78 is 155. The molecule has 6 aromatic heterocycles. The van der Waals surface area contributed by atoms with E-state index in [0.29, 0.717) is 110 Å². The fraction of sp³-hybridized carbons (Fsp3) is 0.757. The molecule has 690 valence electrons. The van der Waals surface area contributed by atoms with E-state index in [1.54, 1.807) is 4.57 Å². The van der Waals surface area contributed by atoms with E-state index in [9.17, 15) is 66.8 Å². The molecule has 11 N–H and O–H groups in total. The Morgan fingerprint density at radius 2 is 0.919 bits per heavy atom. The van der Waals surface area contributed by atoms with Crippen LogP contribution >= 0.6 is 79.7 Å². The van der Waals surface area contributed by atoms with Gasteiger partial charge < -0.3 is 113 Å². The molecule has 123 heavy (non-hydrogen) atoms. The van der Waals surface area contributed by atoms with Gasteiger partial charge in [0, 0.05) is 85.0 Å². The number of aldehydes is 1. The molecule has 6 saturated heterocycles. The van der Waals surface area contributed by atoms with E-state index in [1.165, 1.54) is 62.3 Å². The predicted molar refractivity (Wildman–Crippen MR) is 446 cm³/mol. The number of halogens is 8. The number of imidazole rings is 3. The number of aliphatic hydroxyl groups is 5. The number of anilines is 3. The Kier molecular flexibility index (Phi) is 41.8. The summed E-state index contributed by atoms with van der Waals surface area (Å²) in [4.78, 5) is 79.1. The van der Waals surface area contributed by atoms with Crippen molar-refractivity contribution in [3.05, 3.63) is 42.9 Å². The van der Waals surface area contributed by atoms with E-state index in [0.717, 1.165) is 96.7 Å². The quantitative estimate of drug-likeness (QED) is 0.0104. The van der Waals surface area contributed by atoms with Crippen LogP contribution in [0.15, 0.2) is 19.0 Å². The molecule has 39 nitrogen and oxygen atoms in total. The Labute approximate surface area is 754 Å². The van der Waals surface area contributed by atoms with Gasteiger partial charge in [-0.15, -0.1) is 0 Å². The van der Waals surface area contributed by atoms with Crippen molar-refractivity contribution in [2.24, 2.45) is 17.8 Å². The molecule has 6 aromatic rings. The van der Waals surface area contributed by atoms with Crippen molar-refractivity contribution in [2.45, 2.75) is 234 Å². The Balaban J connectivity index is 0.000000203. The molecular weight excluding hydrogens is 1890 g/mol. The van der Waals surface area contributed by atoms with E-state index in [-0.39, 0.29) is 99.1 Å². The van der Waals surface area contributed by atoms with Crippen LogP contribution in [0.3, 0.4) is 0 Å². The van der Waals surface area contributed by atoms with Crippen LogP contribution in [0.25, 0.3) is 33.5 Å². The average molecular weight is 2000 g/mol. The molecule has 0 spiro atoms. The molecule has 3 saturated carbocycles. The van der Waals surface area contributed by atoms with Gasteiger partial charge >= 0.3 is 46.1 Å². The summed E-state index contributed by atoms with van der Waals surface area (Å²) in [5.41, 5.74) is 2.23. The van der Waals surface area contributed by atoms with Gasteiger partial charge in [0.2, 0.25) is 0 Å². The fourth-order valence-electron chi connectivity index (χ4n) is 15.4. The number of ether oxygens (including phenoxy) is 6. The molecule has 9 aliphatic rings. The maximum atomic E-state index is 15.3. The topological polar surface area (TPSA) is 523 Å². The Morgan fingerprint density at radius 3 is 1.24 bits per heavy atom. The molecule has 3 aliphatic carbocycles. The Hall–Kier alpha value is -2.65. The molecule has 15 rings (SSSR count). The van der Waals surface area contributed by atoms with Crippen LogP contribution in [-0.4, -0.2) is 281 Å². The molecule has 0 bridgehead atoms. The number of aliphatic hydroxyl groups excluding tert-OH is 5. The number of carbonyl (C=O) groups excluding carboxylic acids is 1. The zero-order valence-electron chi connectivity index (χ0n) is 68.3. The molecule has 0 amide bonds. The van der Waals surface area contributed by atoms with Gasteiger partial charge in [-0.3, -0.25) is 50.3 Å². The third-order valence-corrected chi connectivity index (χ3v) is 33.1. The fourth-order valence-corrected chi connectivity index (χ4v) is 27.3. The van der Waals surface area contributed by atoms with Crippen molar-refractivity contribution in [2.75, 3.05) is 102 Å². The van der Waals surface area contributed by atoms with Crippen LogP contribution in [-0.2, 0) is 69.3 Å². The Bertz CT molecular complexity index is 4530. The summed E-state index contributed by atoms with van der Waals surface area (Å²) in [5, 5.41) is 62.3. The third kappa shape index (κ3) is 29.4. The molecule has 6 aliphatic heterocycles. The minimum atomic E-state index is -4.87. The minimum absolute atomic E-state index is 0. The van der Waals surface area contributed by atoms with Gasteiger partial charge in [0.05, 0.1) is 38.3 Å². The standard InChI is InChI=1S/C22H34FN5O10P2.C21H30FN5O5.C18H24FN5O2.C5H9O.C3H9O4P.CH2Cl4O2P2.BrH.Mg/c23-15-18(30)14(9-37-40(34,35)11-39(31,32)33)38-22(15)28-10-24-16-19(25-13-3-1-2-4-13)26-20(27-21(16)28)17(29)12-5-7-36-8-6-12;22-14-17(30)13(9-28)32-21(14)27-10-23-15-18(24-12-3-1-2-4-12)25-19(26-20(15)27)16(29)11-5-7-31-8-6-11;1-3-12-10(2)14(19)18(26-12)24-9-20-15-16(21-11-6-4-5-7-11)22-13(8-25)23-17(15)24;1-2-4-6-5-3-1;1-5-8(4,6-2)7-3;2-8(3,6)1-9(4,5)7;;/h10,12-15,17-18,22,29-30H,1-9,11H2,(H,34,35)(H,25,26,27)(H2,31,32,33);10-14,16-17,21,28-30H,1-9H2,(H,24,25,26);8-12,14,18H,3-7H2,1-2H3,(H,21,22,23);1H,2-5H2;1-3H3;1H2;1H;/q;;;-1;;;;+2/p-1/t14-,15+,17?,18-,22-;13-,14+,16?,17-,21-;10-,12-,14+,18-;;;;;/m111...../s1. The number of phosphoric acid groups is 1. The molecule has 0 radical (unpaired) electrons. The summed E-state index contributed by atoms with van der Waals surface area (Å²) in [5.74, 6) is -7.19. The number of nitrogens with one attached hydrogen (secondary N) is 3. The SMILES string of the molecule is CC[C@H]1O[C@@H](n2cnc3c(NC4CCCC4)nc(C=O)nc32)[C@@H](F)[C@@H]1C.COP(=O)(OC)OC.O=P(Cl)(Cl)CP(=O)(Cl)Cl.O=P(O)(O)CP(=O)(O)OC[C@H]1O[C@@H](n2cnc3c(NC4CCCC4)nc(C(O)C4CCOCC4)nc32)[C@@H](F)[C@@H]1O.OC[C@H]1O[C@@H](n2cnc3c(NC4CCCC4)nc(C(O)C4CCOCC4)nc32)[C@@H](F)[C@@H]1O.[Br-].[CH-]1CCOCC1.[Mg+2]. The minimum Gasteiger partial charge on any atom is -1.00 e. The Morgan fingerprint density at radius 1 is 0.553 bits per heavy atom. The van der Waals surface area contributed by atoms with Crippen molar-refractivity contribution in [1.29, 1.82) is 0 Å². The zero-order chi connectivity index (χ0) is 87.7. The normalized spacial score (nSPS) is 26.7.